The van der Waals surface area contributed by atoms with E-state index >= 15 is 0 Å². The Morgan fingerprint density at radius 1 is 1.07 bits per heavy atom. The third kappa shape index (κ3) is 9.11. The summed E-state index contributed by atoms with van der Waals surface area (Å²) in [5, 5.41) is 14.7. The molecule has 2 aromatic carbocycles. The van der Waals surface area contributed by atoms with Gasteiger partial charge in [-0.2, -0.15) is 0 Å². The molecule has 2 aliphatic rings. The van der Waals surface area contributed by atoms with Gasteiger partial charge < -0.3 is 24.8 Å². The summed E-state index contributed by atoms with van der Waals surface area (Å²) >= 11 is 0. The van der Waals surface area contributed by atoms with Crippen LogP contribution in [0.25, 0.3) is 0 Å². The average Bonchev–Trinajstić information content (AvgIpc) is 3.34. The fourth-order valence-electron chi connectivity index (χ4n) is 5.86. The van der Waals surface area contributed by atoms with Gasteiger partial charge in [0, 0.05) is 24.2 Å². The first kappa shape index (κ1) is 33.6. The van der Waals surface area contributed by atoms with Crippen molar-refractivity contribution >= 4 is 27.7 Å². The van der Waals surface area contributed by atoms with Gasteiger partial charge in [-0.05, 0) is 71.1 Å². The predicted molar refractivity (Wildman–Crippen MR) is 171 cm³/mol. The summed E-state index contributed by atoms with van der Waals surface area (Å²) in [7, 11) is -3.48. The molecule has 10 nitrogen and oxygen atoms in total. The van der Waals surface area contributed by atoms with Crippen molar-refractivity contribution in [3.63, 3.8) is 0 Å². The van der Waals surface area contributed by atoms with Crippen LogP contribution in [0.1, 0.15) is 82.1 Å². The van der Waals surface area contributed by atoms with E-state index in [9.17, 15) is 23.1 Å². The number of nitrogens with one attached hydrogen (secondary N) is 1. The highest BCUT2D eigenvalue weighted by molar-refractivity contribution is 7.93. The second-order valence-electron chi connectivity index (χ2n) is 12.7. The van der Waals surface area contributed by atoms with Crippen LogP contribution in [0.2, 0.25) is 0 Å². The molecule has 0 bridgehead atoms. The lowest BCUT2D eigenvalue weighted by Crippen LogP contribution is -2.53. The third-order valence-electron chi connectivity index (χ3n) is 7.96. The smallest absolute Gasteiger partial charge is 0.410 e. The highest BCUT2D eigenvalue weighted by atomic mass is 32.2. The van der Waals surface area contributed by atoms with Crippen LogP contribution >= 0.6 is 0 Å². The average molecular weight is 630 g/mol. The van der Waals surface area contributed by atoms with E-state index < -0.39 is 39.8 Å². The summed E-state index contributed by atoms with van der Waals surface area (Å²) in [5.74, 6) is -0.0508. The van der Waals surface area contributed by atoms with Crippen LogP contribution in [-0.4, -0.2) is 79.7 Å². The summed E-state index contributed by atoms with van der Waals surface area (Å²) in [6.07, 6.45) is 3.99. The van der Waals surface area contributed by atoms with E-state index in [-0.39, 0.29) is 23.9 Å². The number of ether oxygens (including phenoxy) is 2. The van der Waals surface area contributed by atoms with E-state index in [1.807, 2.05) is 58.0 Å². The van der Waals surface area contributed by atoms with Crippen molar-refractivity contribution in [3.05, 3.63) is 59.7 Å². The van der Waals surface area contributed by atoms with Gasteiger partial charge in [-0.1, -0.05) is 49.6 Å². The Bertz CT molecular complexity index is 1370. The number of aliphatic hydroxyl groups excluding tert-OH is 1. The number of sulfonamides is 1. The van der Waals surface area contributed by atoms with Crippen LogP contribution in [-0.2, 0) is 21.2 Å². The third-order valence-corrected chi connectivity index (χ3v) is 9.83. The zero-order valence-electron chi connectivity index (χ0n) is 26.3. The maximum atomic E-state index is 13.8. The minimum Gasteiger partial charge on any atom is -0.494 e. The van der Waals surface area contributed by atoms with E-state index in [1.54, 1.807) is 23.1 Å². The van der Waals surface area contributed by atoms with E-state index in [0.717, 1.165) is 37.7 Å². The fraction of sp³-hybridized carbons (Fsp3) is 0.576. The zero-order valence-corrected chi connectivity index (χ0v) is 27.1. The molecule has 0 aromatic heterocycles. The molecule has 1 aliphatic heterocycles. The Balaban J connectivity index is 1.62. The minimum absolute atomic E-state index is 0.00633. The highest BCUT2D eigenvalue weighted by Gasteiger charge is 2.34. The lowest BCUT2D eigenvalue weighted by Gasteiger charge is -2.38. The topological polar surface area (TPSA) is 125 Å². The molecule has 2 fully saturated rings. The van der Waals surface area contributed by atoms with Gasteiger partial charge in [0.25, 0.3) is 5.91 Å². The van der Waals surface area contributed by atoms with Crippen molar-refractivity contribution in [1.29, 1.82) is 0 Å². The van der Waals surface area contributed by atoms with E-state index in [4.69, 9.17) is 9.47 Å². The summed E-state index contributed by atoms with van der Waals surface area (Å²) < 4.78 is 38.1. The van der Waals surface area contributed by atoms with E-state index in [0.29, 0.717) is 37.4 Å². The van der Waals surface area contributed by atoms with Gasteiger partial charge in [0.1, 0.15) is 11.4 Å². The number of carbonyl (C=O) groups is 2. The van der Waals surface area contributed by atoms with Crippen LogP contribution in [0.3, 0.4) is 0 Å². The number of carbonyl (C=O) groups excluding carboxylic acids is 2. The molecule has 242 valence electrons. The first-order chi connectivity index (χ1) is 20.9. The Kier molecular flexibility index (Phi) is 11.2. The molecule has 4 rings (SSSR count). The van der Waals surface area contributed by atoms with Gasteiger partial charge >= 0.3 is 6.09 Å². The van der Waals surface area contributed by atoms with Gasteiger partial charge in [0.05, 0.1) is 36.7 Å². The molecule has 1 heterocycles. The van der Waals surface area contributed by atoms with Crippen LogP contribution in [0.4, 0.5) is 10.5 Å². The van der Waals surface area contributed by atoms with Gasteiger partial charge in [-0.25, -0.2) is 13.2 Å². The monoisotopic (exact) mass is 629 g/mol. The zero-order chi connectivity index (χ0) is 31.9. The lowest BCUT2D eigenvalue weighted by molar-refractivity contribution is -0.00489. The molecule has 2 N–H and O–H groups in total. The number of nitrogens with zero attached hydrogens (tertiary/aromatic N) is 2. The molecule has 0 unspecified atom stereocenters. The molecular formula is C33H47N3O7S. The van der Waals surface area contributed by atoms with Crippen molar-refractivity contribution in [1.82, 2.24) is 10.2 Å². The van der Waals surface area contributed by atoms with Gasteiger partial charge in [0.2, 0.25) is 10.0 Å². The normalized spacial score (nSPS) is 18.3. The summed E-state index contributed by atoms with van der Waals surface area (Å²) in [5.41, 5.74) is 0.797. The quantitative estimate of drug-likeness (QED) is 0.362. The molecule has 1 saturated carbocycles. The number of benzene rings is 2. The standard InChI is InChI=1S/C33H47N3O7S/c1-5-42-28-21-25(20-27(22-28)36-17-12-18-44(36,40)41)31(38)34-29(19-24-13-8-6-9-14-24)30(37)23-35(26-15-10-7-11-16-26)32(39)43-33(2,3)4/h6,8-9,13-14,20-22,26,29-30,37H,5,7,10-12,15-19,23H2,1-4H3,(H,34,38)/t29-,30+/m0/s1. The van der Waals surface area contributed by atoms with Crippen molar-refractivity contribution in [3.8, 4) is 5.75 Å². The molecule has 2 aromatic rings. The van der Waals surface area contributed by atoms with Crippen molar-refractivity contribution in [2.45, 2.75) is 96.4 Å². The molecule has 0 radical (unpaired) electrons. The molecule has 2 amide bonds. The fourth-order valence-corrected chi connectivity index (χ4v) is 7.40. The predicted octanol–water partition coefficient (Wildman–Crippen LogP) is 4.90. The Hall–Kier alpha value is -3.31. The molecule has 11 heteroatoms. The second kappa shape index (κ2) is 14.6. The summed E-state index contributed by atoms with van der Waals surface area (Å²) in [6, 6.07) is 13.5. The van der Waals surface area contributed by atoms with E-state index in [2.05, 4.69) is 5.32 Å². The lowest BCUT2D eigenvalue weighted by atomic mass is 9.93. The van der Waals surface area contributed by atoms with Crippen LogP contribution in [0.5, 0.6) is 5.75 Å². The number of amides is 2. The first-order valence-corrected chi connectivity index (χ1v) is 17.3. The van der Waals surface area contributed by atoms with E-state index in [1.165, 1.54) is 4.31 Å². The van der Waals surface area contributed by atoms with Crippen LogP contribution < -0.4 is 14.4 Å². The first-order valence-electron chi connectivity index (χ1n) is 15.7. The Morgan fingerprint density at radius 2 is 1.77 bits per heavy atom. The molecule has 1 aliphatic carbocycles. The molecule has 0 spiro atoms. The number of hydrogen-bond donors (Lipinski definition) is 2. The molecular weight excluding hydrogens is 582 g/mol. The van der Waals surface area contributed by atoms with Gasteiger partial charge in [-0.15, -0.1) is 0 Å². The van der Waals surface area contributed by atoms with Crippen molar-refractivity contribution in [2.75, 3.05) is 29.8 Å². The SMILES string of the molecule is CCOc1cc(C(=O)N[C@@H](Cc2ccccc2)[C@H](O)CN(C(=O)OC(C)(C)C)C2CCCCC2)cc(N2CCCS2(=O)=O)c1. The summed E-state index contributed by atoms with van der Waals surface area (Å²) in [6.45, 7) is 7.93. The van der Waals surface area contributed by atoms with Gasteiger partial charge in [0.15, 0.2) is 0 Å². The summed E-state index contributed by atoms with van der Waals surface area (Å²) in [4.78, 5) is 28.8. The van der Waals surface area contributed by atoms with Crippen molar-refractivity contribution < 1.29 is 32.6 Å². The molecule has 1 saturated heterocycles. The largest absolute Gasteiger partial charge is 0.494 e. The number of anilines is 1. The highest BCUT2D eigenvalue weighted by Crippen LogP contribution is 2.30. The number of rotatable bonds is 11. The second-order valence-corrected chi connectivity index (χ2v) is 14.7. The number of hydrogen-bond acceptors (Lipinski definition) is 7. The number of aliphatic hydroxyl groups is 1. The Labute approximate surface area is 261 Å². The van der Waals surface area contributed by atoms with Crippen LogP contribution in [0, 0.1) is 0 Å². The van der Waals surface area contributed by atoms with Crippen LogP contribution in [0.15, 0.2) is 48.5 Å². The Morgan fingerprint density at radius 3 is 2.39 bits per heavy atom. The maximum absolute atomic E-state index is 13.8. The minimum atomic E-state index is -3.48. The van der Waals surface area contributed by atoms with Crippen molar-refractivity contribution in [2.24, 2.45) is 0 Å². The maximum Gasteiger partial charge on any atom is 0.410 e. The molecule has 2 atom stereocenters. The van der Waals surface area contributed by atoms with Gasteiger partial charge in [-0.3, -0.25) is 9.10 Å². The molecule has 44 heavy (non-hydrogen) atoms.